The van der Waals surface area contributed by atoms with Gasteiger partial charge in [0.2, 0.25) is 0 Å². The predicted octanol–water partition coefficient (Wildman–Crippen LogP) is 3.09. The summed E-state index contributed by atoms with van der Waals surface area (Å²) >= 11 is 0. The summed E-state index contributed by atoms with van der Waals surface area (Å²) in [6, 6.07) is 12.6. The Bertz CT molecular complexity index is 569. The normalized spacial score (nSPS) is 18.2. The molecule has 21 heavy (non-hydrogen) atoms. The minimum atomic E-state index is 0.0411. The van der Waals surface area contributed by atoms with Gasteiger partial charge in [0.25, 0.3) is 0 Å². The zero-order valence-electron chi connectivity index (χ0n) is 12.7. The van der Waals surface area contributed by atoms with Gasteiger partial charge in [-0.05, 0) is 50.9 Å². The van der Waals surface area contributed by atoms with Crippen LogP contribution in [0.5, 0.6) is 0 Å². The van der Waals surface area contributed by atoms with Crippen LogP contribution in [-0.2, 0) is 4.74 Å². The van der Waals surface area contributed by atoms with Crippen molar-refractivity contribution < 1.29 is 4.74 Å². The van der Waals surface area contributed by atoms with Crippen molar-refractivity contribution in [2.45, 2.75) is 37.3 Å². The Hall–Kier alpha value is -1.65. The molecule has 0 aliphatic heterocycles. The Morgan fingerprint density at radius 1 is 1.29 bits per heavy atom. The Labute approximate surface area is 126 Å². The molecule has 3 rings (SSSR count). The second kappa shape index (κ2) is 6.00. The lowest BCUT2D eigenvalue weighted by Gasteiger charge is -2.42. The fraction of sp³-hybridized carbons (Fsp3) is 0.471. The third-order valence-electron chi connectivity index (χ3n) is 4.65. The molecule has 0 amide bonds. The standard InChI is InChI=1S/C17H23N3O/c1-18-15(13-17(21-2)10-6-11-17)16-9-12-19-20(16)14-7-4-3-5-8-14/h3-5,7-9,12,15,18H,6,10-11,13H2,1-2H3. The van der Waals surface area contributed by atoms with E-state index < -0.39 is 0 Å². The monoisotopic (exact) mass is 285 g/mol. The molecule has 112 valence electrons. The number of methoxy groups -OCH3 is 1. The number of hydrogen-bond donors (Lipinski definition) is 1. The SMILES string of the molecule is CNC(CC1(OC)CCC1)c1ccnn1-c1ccccc1. The molecule has 0 spiro atoms. The molecule has 1 aromatic heterocycles. The van der Waals surface area contributed by atoms with Gasteiger partial charge in [-0.2, -0.15) is 5.10 Å². The first-order valence-corrected chi connectivity index (χ1v) is 7.60. The summed E-state index contributed by atoms with van der Waals surface area (Å²) in [7, 11) is 3.84. The highest BCUT2D eigenvalue weighted by molar-refractivity contribution is 5.33. The number of ether oxygens (including phenoxy) is 1. The molecule has 1 heterocycles. The molecule has 0 radical (unpaired) electrons. The van der Waals surface area contributed by atoms with Crippen molar-refractivity contribution in [3.63, 3.8) is 0 Å². The summed E-state index contributed by atoms with van der Waals surface area (Å²) < 4.78 is 7.80. The maximum atomic E-state index is 5.78. The summed E-state index contributed by atoms with van der Waals surface area (Å²) in [5.41, 5.74) is 2.32. The van der Waals surface area contributed by atoms with Crippen LogP contribution in [0.2, 0.25) is 0 Å². The summed E-state index contributed by atoms with van der Waals surface area (Å²) in [6.45, 7) is 0. The second-order valence-electron chi connectivity index (χ2n) is 5.79. The zero-order chi connectivity index (χ0) is 14.7. The summed E-state index contributed by atoms with van der Waals surface area (Å²) in [4.78, 5) is 0. The van der Waals surface area contributed by atoms with Crippen molar-refractivity contribution in [1.82, 2.24) is 15.1 Å². The minimum absolute atomic E-state index is 0.0411. The van der Waals surface area contributed by atoms with Crippen LogP contribution in [0.1, 0.15) is 37.4 Å². The van der Waals surface area contributed by atoms with Crippen molar-refractivity contribution in [3.8, 4) is 5.69 Å². The highest BCUT2D eigenvalue weighted by Gasteiger charge is 2.39. The number of nitrogens with one attached hydrogen (secondary N) is 1. The first-order valence-electron chi connectivity index (χ1n) is 7.60. The average Bonchev–Trinajstić information content (AvgIpc) is 2.97. The maximum Gasteiger partial charge on any atom is 0.0697 e. The smallest absolute Gasteiger partial charge is 0.0697 e. The third kappa shape index (κ3) is 2.74. The van der Waals surface area contributed by atoms with Crippen LogP contribution in [0.25, 0.3) is 5.69 Å². The molecule has 1 aliphatic rings. The predicted molar refractivity (Wildman–Crippen MR) is 83.6 cm³/mol. The number of para-hydroxylation sites is 1. The number of nitrogens with zero attached hydrogens (tertiary/aromatic N) is 2. The van der Waals surface area contributed by atoms with Crippen molar-refractivity contribution in [2.75, 3.05) is 14.2 Å². The van der Waals surface area contributed by atoms with Gasteiger partial charge in [0.05, 0.1) is 23.0 Å². The van der Waals surface area contributed by atoms with E-state index in [4.69, 9.17) is 4.74 Å². The first-order chi connectivity index (χ1) is 10.3. The quantitative estimate of drug-likeness (QED) is 0.886. The van der Waals surface area contributed by atoms with Gasteiger partial charge in [-0.25, -0.2) is 4.68 Å². The Balaban J connectivity index is 1.87. The minimum Gasteiger partial charge on any atom is -0.378 e. The molecule has 1 fully saturated rings. The van der Waals surface area contributed by atoms with Crippen LogP contribution in [0.15, 0.2) is 42.6 Å². The molecule has 2 aromatic rings. The first kappa shape index (κ1) is 14.3. The van der Waals surface area contributed by atoms with Gasteiger partial charge in [0.1, 0.15) is 0 Å². The fourth-order valence-corrected chi connectivity index (χ4v) is 3.15. The van der Waals surface area contributed by atoms with Crippen LogP contribution in [0.4, 0.5) is 0 Å². The lowest BCUT2D eigenvalue weighted by Crippen LogP contribution is -2.42. The van der Waals surface area contributed by atoms with E-state index >= 15 is 0 Å². The van der Waals surface area contributed by atoms with Crippen molar-refractivity contribution >= 4 is 0 Å². The lowest BCUT2D eigenvalue weighted by molar-refractivity contribution is -0.0837. The van der Waals surface area contributed by atoms with Crippen LogP contribution < -0.4 is 5.32 Å². The molecule has 4 heteroatoms. The van der Waals surface area contributed by atoms with E-state index in [2.05, 4.69) is 28.6 Å². The van der Waals surface area contributed by atoms with E-state index in [0.717, 1.165) is 24.9 Å². The van der Waals surface area contributed by atoms with Crippen LogP contribution in [0, 0.1) is 0 Å². The van der Waals surface area contributed by atoms with Gasteiger partial charge >= 0.3 is 0 Å². The van der Waals surface area contributed by atoms with Gasteiger partial charge in [-0.3, -0.25) is 0 Å². The molecule has 1 atom stereocenters. The molecule has 1 saturated carbocycles. The molecule has 4 nitrogen and oxygen atoms in total. The van der Waals surface area contributed by atoms with E-state index in [1.54, 1.807) is 0 Å². The fourth-order valence-electron chi connectivity index (χ4n) is 3.15. The molecule has 1 aromatic carbocycles. The molecular weight excluding hydrogens is 262 g/mol. The summed E-state index contributed by atoms with van der Waals surface area (Å²) in [5, 5.41) is 7.92. The highest BCUT2D eigenvalue weighted by Crippen LogP contribution is 2.41. The Kier molecular flexibility index (Phi) is 4.08. The molecule has 0 bridgehead atoms. The molecular formula is C17H23N3O. The third-order valence-corrected chi connectivity index (χ3v) is 4.65. The number of aromatic nitrogens is 2. The van der Waals surface area contributed by atoms with E-state index in [9.17, 15) is 0 Å². The van der Waals surface area contributed by atoms with Gasteiger partial charge < -0.3 is 10.1 Å². The van der Waals surface area contributed by atoms with Gasteiger partial charge in [0, 0.05) is 13.3 Å². The molecule has 1 aliphatic carbocycles. The van der Waals surface area contributed by atoms with Gasteiger partial charge in [-0.15, -0.1) is 0 Å². The highest BCUT2D eigenvalue weighted by atomic mass is 16.5. The van der Waals surface area contributed by atoms with E-state index in [-0.39, 0.29) is 11.6 Å². The molecule has 1 N–H and O–H groups in total. The maximum absolute atomic E-state index is 5.78. The zero-order valence-corrected chi connectivity index (χ0v) is 12.7. The second-order valence-corrected chi connectivity index (χ2v) is 5.79. The van der Waals surface area contributed by atoms with Gasteiger partial charge in [-0.1, -0.05) is 18.2 Å². The summed E-state index contributed by atoms with van der Waals surface area (Å²) in [5.74, 6) is 0. The van der Waals surface area contributed by atoms with Crippen LogP contribution in [0.3, 0.4) is 0 Å². The number of hydrogen-bond acceptors (Lipinski definition) is 3. The van der Waals surface area contributed by atoms with Crippen molar-refractivity contribution in [1.29, 1.82) is 0 Å². The number of rotatable bonds is 6. The topological polar surface area (TPSA) is 39.1 Å². The Morgan fingerprint density at radius 3 is 2.62 bits per heavy atom. The van der Waals surface area contributed by atoms with Gasteiger partial charge in [0.15, 0.2) is 0 Å². The number of benzene rings is 1. The van der Waals surface area contributed by atoms with E-state index in [1.165, 1.54) is 12.1 Å². The van der Waals surface area contributed by atoms with Crippen molar-refractivity contribution in [3.05, 3.63) is 48.3 Å². The molecule has 0 saturated heterocycles. The van der Waals surface area contributed by atoms with Crippen LogP contribution >= 0.6 is 0 Å². The Morgan fingerprint density at radius 2 is 2.05 bits per heavy atom. The van der Waals surface area contributed by atoms with E-state index in [1.807, 2.05) is 43.2 Å². The van der Waals surface area contributed by atoms with Crippen LogP contribution in [-0.4, -0.2) is 29.5 Å². The summed E-state index contributed by atoms with van der Waals surface area (Å²) in [6.07, 6.45) is 6.43. The largest absolute Gasteiger partial charge is 0.378 e. The van der Waals surface area contributed by atoms with E-state index in [0.29, 0.717) is 0 Å². The molecule has 1 unspecified atom stereocenters. The lowest BCUT2D eigenvalue weighted by atomic mass is 9.75. The van der Waals surface area contributed by atoms with Crippen molar-refractivity contribution in [2.24, 2.45) is 0 Å². The average molecular weight is 285 g/mol.